The van der Waals surface area contributed by atoms with Gasteiger partial charge in [0, 0.05) is 19.1 Å². The lowest BCUT2D eigenvalue weighted by Gasteiger charge is -2.09. The second-order valence-corrected chi connectivity index (χ2v) is 5.26. The maximum Gasteiger partial charge on any atom is 0.330 e. The third-order valence-corrected chi connectivity index (χ3v) is 3.17. The van der Waals surface area contributed by atoms with Crippen molar-refractivity contribution in [3.05, 3.63) is 24.3 Å². The molecular formula is C14H17NO5S. The van der Waals surface area contributed by atoms with Crippen molar-refractivity contribution in [3.8, 4) is 11.5 Å². The molecule has 0 saturated heterocycles. The molecule has 0 atom stereocenters. The van der Waals surface area contributed by atoms with Crippen molar-refractivity contribution in [1.82, 2.24) is 5.32 Å². The fourth-order valence-electron chi connectivity index (χ4n) is 1.41. The van der Waals surface area contributed by atoms with Crippen LogP contribution in [0, 0.1) is 0 Å². The van der Waals surface area contributed by atoms with E-state index in [0.29, 0.717) is 17.3 Å². The van der Waals surface area contributed by atoms with Crippen LogP contribution in [0.4, 0.5) is 0 Å². The quantitative estimate of drug-likeness (QED) is 0.605. The minimum Gasteiger partial charge on any atom is -0.493 e. The number of thioether (sulfide) groups is 1. The van der Waals surface area contributed by atoms with E-state index in [4.69, 9.17) is 9.47 Å². The largest absolute Gasteiger partial charge is 0.493 e. The average Bonchev–Trinajstić information content (AvgIpc) is 2.45. The number of nitrogens with one attached hydrogen (secondary N) is 1. The lowest BCUT2D eigenvalue weighted by atomic mass is 10.3. The normalized spacial score (nSPS) is 9.81. The lowest BCUT2D eigenvalue weighted by Crippen LogP contribution is -2.32. The van der Waals surface area contributed by atoms with Gasteiger partial charge in [0.05, 0.1) is 7.11 Å². The second kappa shape index (κ2) is 9.02. The van der Waals surface area contributed by atoms with Gasteiger partial charge in [-0.1, -0.05) is 23.9 Å². The average molecular weight is 311 g/mol. The van der Waals surface area contributed by atoms with Crippen molar-refractivity contribution in [3.63, 3.8) is 0 Å². The van der Waals surface area contributed by atoms with Crippen LogP contribution in [-0.2, 0) is 14.4 Å². The predicted molar refractivity (Wildman–Crippen MR) is 79.4 cm³/mol. The van der Waals surface area contributed by atoms with Gasteiger partial charge in [-0.3, -0.25) is 9.59 Å². The highest BCUT2D eigenvalue weighted by atomic mass is 32.2. The predicted octanol–water partition coefficient (Wildman–Crippen LogP) is 1.39. The summed E-state index contributed by atoms with van der Waals surface area (Å²) in [6.45, 7) is 1.20. The molecule has 0 aromatic heterocycles. The maximum atomic E-state index is 11.6. The Balaban J connectivity index is 2.34. The smallest absolute Gasteiger partial charge is 0.330 e. The van der Waals surface area contributed by atoms with Crippen molar-refractivity contribution >= 4 is 28.8 Å². The maximum absolute atomic E-state index is 11.6. The fraction of sp³-hybridized carbons (Fsp3) is 0.357. The minimum atomic E-state index is -0.591. The molecule has 1 aromatic rings. The van der Waals surface area contributed by atoms with Gasteiger partial charge >= 0.3 is 5.97 Å². The number of ether oxygens (including phenoxy) is 2. The first kappa shape index (κ1) is 17.0. The molecule has 1 N–H and O–H groups in total. The molecule has 0 aliphatic rings. The molecule has 0 aliphatic carbocycles. The van der Waals surface area contributed by atoms with Gasteiger partial charge in [-0.2, -0.15) is 0 Å². The molecule has 21 heavy (non-hydrogen) atoms. The molecule has 0 spiro atoms. The minimum absolute atomic E-state index is 0.0432. The van der Waals surface area contributed by atoms with E-state index in [1.54, 1.807) is 24.3 Å². The van der Waals surface area contributed by atoms with Crippen LogP contribution in [0.1, 0.15) is 13.3 Å². The summed E-state index contributed by atoms with van der Waals surface area (Å²) >= 11 is 1.07. The van der Waals surface area contributed by atoms with Crippen molar-refractivity contribution in [2.45, 2.75) is 13.3 Å². The van der Waals surface area contributed by atoms with Crippen LogP contribution in [0.15, 0.2) is 24.3 Å². The molecule has 0 radical (unpaired) electrons. The van der Waals surface area contributed by atoms with E-state index in [2.05, 4.69) is 5.32 Å². The standard InChI is InChI=1S/C14H17NO5S/c1-10(16)21-8-7-13(17)15-9-14(18)20-12-6-4-3-5-11(12)19-2/h3-6H,7-9H2,1-2H3,(H,15,17). The number of benzene rings is 1. The zero-order chi connectivity index (χ0) is 15.7. The summed E-state index contributed by atoms with van der Waals surface area (Å²) < 4.78 is 10.1. The summed E-state index contributed by atoms with van der Waals surface area (Å²) in [4.78, 5) is 33.8. The highest BCUT2D eigenvalue weighted by molar-refractivity contribution is 8.13. The van der Waals surface area contributed by atoms with E-state index in [-0.39, 0.29) is 24.0 Å². The first-order chi connectivity index (χ1) is 10.0. The van der Waals surface area contributed by atoms with Gasteiger partial charge in [-0.25, -0.2) is 4.79 Å². The molecule has 0 heterocycles. The molecular weight excluding hydrogens is 294 g/mol. The Kier molecular flexibility index (Phi) is 7.31. The van der Waals surface area contributed by atoms with E-state index in [9.17, 15) is 14.4 Å². The van der Waals surface area contributed by atoms with Gasteiger partial charge in [0.2, 0.25) is 5.91 Å². The Morgan fingerprint density at radius 1 is 1.19 bits per heavy atom. The van der Waals surface area contributed by atoms with E-state index >= 15 is 0 Å². The summed E-state index contributed by atoms with van der Waals surface area (Å²) in [6, 6.07) is 6.73. The Labute approximate surface area is 127 Å². The number of amides is 1. The molecule has 0 fully saturated rings. The third-order valence-electron chi connectivity index (χ3n) is 2.36. The van der Waals surface area contributed by atoms with Crippen LogP contribution in [0.5, 0.6) is 11.5 Å². The number of carbonyl (C=O) groups excluding carboxylic acids is 3. The van der Waals surface area contributed by atoms with Crippen LogP contribution in [-0.4, -0.2) is 36.4 Å². The van der Waals surface area contributed by atoms with Gasteiger partial charge in [-0.15, -0.1) is 0 Å². The van der Waals surface area contributed by atoms with Gasteiger partial charge in [0.25, 0.3) is 0 Å². The van der Waals surface area contributed by atoms with Crippen molar-refractivity contribution in [2.75, 3.05) is 19.4 Å². The Hall–Kier alpha value is -2.02. The summed E-state index contributed by atoms with van der Waals surface area (Å²) in [7, 11) is 1.47. The van der Waals surface area contributed by atoms with Crippen LogP contribution in [0.25, 0.3) is 0 Å². The van der Waals surface area contributed by atoms with E-state index in [1.807, 2.05) is 0 Å². The van der Waals surface area contributed by atoms with E-state index in [1.165, 1.54) is 14.0 Å². The van der Waals surface area contributed by atoms with Gasteiger partial charge < -0.3 is 14.8 Å². The molecule has 114 valence electrons. The first-order valence-electron chi connectivity index (χ1n) is 6.26. The molecule has 0 saturated carbocycles. The molecule has 0 bridgehead atoms. The van der Waals surface area contributed by atoms with Crippen molar-refractivity contribution < 1.29 is 23.9 Å². The molecule has 0 aliphatic heterocycles. The van der Waals surface area contributed by atoms with Gasteiger partial charge in [0.15, 0.2) is 16.6 Å². The molecule has 6 nitrogen and oxygen atoms in total. The Morgan fingerprint density at radius 3 is 2.48 bits per heavy atom. The van der Waals surface area contributed by atoms with Crippen LogP contribution >= 0.6 is 11.8 Å². The monoisotopic (exact) mass is 311 g/mol. The van der Waals surface area contributed by atoms with Crippen molar-refractivity contribution in [2.24, 2.45) is 0 Å². The third kappa shape index (κ3) is 6.80. The topological polar surface area (TPSA) is 81.7 Å². The van der Waals surface area contributed by atoms with Crippen LogP contribution in [0.2, 0.25) is 0 Å². The zero-order valence-corrected chi connectivity index (χ0v) is 12.7. The Bertz CT molecular complexity index is 518. The summed E-state index contributed by atoms with van der Waals surface area (Å²) in [5, 5.41) is 2.39. The van der Waals surface area contributed by atoms with E-state index in [0.717, 1.165) is 11.8 Å². The van der Waals surface area contributed by atoms with Gasteiger partial charge in [0.1, 0.15) is 6.54 Å². The molecule has 1 amide bonds. The van der Waals surface area contributed by atoms with Gasteiger partial charge in [-0.05, 0) is 12.1 Å². The fourth-order valence-corrected chi connectivity index (χ4v) is 1.98. The summed E-state index contributed by atoms with van der Waals surface area (Å²) in [6.07, 6.45) is 0.173. The molecule has 1 rings (SSSR count). The Morgan fingerprint density at radius 2 is 1.86 bits per heavy atom. The summed E-state index contributed by atoms with van der Waals surface area (Å²) in [5.41, 5.74) is 0. The number of methoxy groups -OCH3 is 1. The van der Waals surface area contributed by atoms with Crippen LogP contribution in [0.3, 0.4) is 0 Å². The number of hydrogen-bond donors (Lipinski definition) is 1. The van der Waals surface area contributed by atoms with E-state index < -0.39 is 5.97 Å². The highest BCUT2D eigenvalue weighted by Gasteiger charge is 2.11. The SMILES string of the molecule is COc1ccccc1OC(=O)CNC(=O)CCSC(C)=O. The number of carbonyl (C=O) groups is 3. The zero-order valence-electron chi connectivity index (χ0n) is 11.9. The lowest BCUT2D eigenvalue weighted by molar-refractivity contribution is -0.135. The van der Waals surface area contributed by atoms with Crippen LogP contribution < -0.4 is 14.8 Å². The van der Waals surface area contributed by atoms with Crippen molar-refractivity contribution in [1.29, 1.82) is 0 Å². The highest BCUT2D eigenvalue weighted by Crippen LogP contribution is 2.25. The first-order valence-corrected chi connectivity index (χ1v) is 7.25. The number of esters is 1. The molecule has 7 heteroatoms. The molecule has 0 unspecified atom stereocenters. The summed E-state index contributed by atoms with van der Waals surface area (Å²) in [5.74, 6) is 0.233. The number of rotatable bonds is 7. The molecule has 1 aromatic carbocycles. The number of hydrogen-bond acceptors (Lipinski definition) is 6. The number of para-hydroxylation sites is 2. The second-order valence-electron chi connectivity index (χ2n) is 3.99.